The van der Waals surface area contributed by atoms with Crippen LogP contribution < -0.4 is 0 Å². The molecule has 0 radical (unpaired) electrons. The maximum atomic E-state index is 13.6. The molecule has 7 heteroatoms. The quantitative estimate of drug-likeness (QED) is 0.737. The van der Waals surface area contributed by atoms with Gasteiger partial charge < -0.3 is 4.90 Å². The fourth-order valence-corrected chi connectivity index (χ4v) is 3.24. The normalized spacial score (nSPS) is 17.0. The first-order valence-corrected chi connectivity index (χ1v) is 8.10. The van der Waals surface area contributed by atoms with Gasteiger partial charge in [0.2, 0.25) is 0 Å². The van der Waals surface area contributed by atoms with E-state index in [2.05, 4.69) is 15.1 Å². The number of carbonyl (C=O) groups is 1. The predicted molar refractivity (Wildman–Crippen MR) is 88.6 cm³/mol. The van der Waals surface area contributed by atoms with E-state index >= 15 is 0 Å². The highest BCUT2D eigenvalue weighted by molar-refractivity contribution is 5.95. The fraction of sp³-hybridized carbons (Fsp3) is 0.222. The number of carbonyl (C=O) groups excluding carboxylic acids is 1. The second kappa shape index (κ2) is 6.43. The summed E-state index contributed by atoms with van der Waals surface area (Å²) in [5.41, 5.74) is 1.36. The minimum Gasteiger partial charge on any atom is -0.332 e. The van der Waals surface area contributed by atoms with Crippen molar-refractivity contribution in [1.82, 2.24) is 24.6 Å². The summed E-state index contributed by atoms with van der Waals surface area (Å²) in [6, 6.07) is 9.74. The average Bonchev–Trinajstić information content (AvgIpc) is 3.33. The maximum Gasteiger partial charge on any atom is 0.254 e. The Bertz CT molecular complexity index is 896. The second-order valence-electron chi connectivity index (χ2n) is 5.95. The lowest BCUT2D eigenvalue weighted by molar-refractivity contribution is 0.0735. The van der Waals surface area contributed by atoms with Crippen LogP contribution in [0.1, 0.15) is 34.8 Å². The zero-order valence-corrected chi connectivity index (χ0v) is 13.4. The molecule has 0 saturated carbocycles. The van der Waals surface area contributed by atoms with Crippen molar-refractivity contribution in [2.24, 2.45) is 0 Å². The molecule has 4 rings (SSSR count). The van der Waals surface area contributed by atoms with Gasteiger partial charge in [-0.1, -0.05) is 12.1 Å². The maximum absolute atomic E-state index is 13.6. The Morgan fingerprint density at radius 1 is 1.24 bits per heavy atom. The molecule has 126 valence electrons. The molecular formula is C18H16FN5O. The molecule has 2 aromatic heterocycles. The Balaban J connectivity index is 1.63. The summed E-state index contributed by atoms with van der Waals surface area (Å²) in [7, 11) is 0. The van der Waals surface area contributed by atoms with Gasteiger partial charge in [0, 0.05) is 18.3 Å². The van der Waals surface area contributed by atoms with Crippen LogP contribution in [0.25, 0.3) is 5.82 Å². The molecule has 0 bridgehead atoms. The number of aromatic nitrogens is 4. The third kappa shape index (κ3) is 3.00. The SMILES string of the molecule is O=C(c1ccnc(-n2cncn2)c1)N1CCCC1c1cccc(F)c1. The van der Waals surface area contributed by atoms with E-state index in [9.17, 15) is 9.18 Å². The summed E-state index contributed by atoms with van der Waals surface area (Å²) in [4.78, 5) is 22.9. The topological polar surface area (TPSA) is 63.9 Å². The number of halogens is 1. The molecule has 1 aliphatic heterocycles. The van der Waals surface area contributed by atoms with Crippen LogP contribution in [-0.4, -0.2) is 37.1 Å². The predicted octanol–water partition coefficient (Wildman–Crippen LogP) is 2.78. The van der Waals surface area contributed by atoms with Crippen molar-refractivity contribution >= 4 is 5.91 Å². The second-order valence-corrected chi connectivity index (χ2v) is 5.95. The van der Waals surface area contributed by atoms with E-state index in [0.717, 1.165) is 18.4 Å². The summed E-state index contributed by atoms with van der Waals surface area (Å²) in [6.07, 6.45) is 6.25. The highest BCUT2D eigenvalue weighted by Gasteiger charge is 2.31. The highest BCUT2D eigenvalue weighted by atomic mass is 19.1. The highest BCUT2D eigenvalue weighted by Crippen LogP contribution is 2.33. The number of nitrogens with zero attached hydrogens (tertiary/aromatic N) is 5. The third-order valence-electron chi connectivity index (χ3n) is 4.39. The van der Waals surface area contributed by atoms with Gasteiger partial charge in [0.15, 0.2) is 5.82 Å². The van der Waals surface area contributed by atoms with Crippen molar-refractivity contribution < 1.29 is 9.18 Å². The van der Waals surface area contributed by atoms with Gasteiger partial charge in [-0.25, -0.2) is 19.0 Å². The summed E-state index contributed by atoms with van der Waals surface area (Å²) >= 11 is 0. The molecule has 1 aromatic carbocycles. The summed E-state index contributed by atoms with van der Waals surface area (Å²) in [5.74, 6) is 0.162. The van der Waals surface area contributed by atoms with Crippen LogP contribution in [0.15, 0.2) is 55.2 Å². The molecule has 0 spiro atoms. The first kappa shape index (κ1) is 15.4. The minimum atomic E-state index is -0.283. The van der Waals surface area contributed by atoms with Crippen LogP contribution in [0.4, 0.5) is 4.39 Å². The number of pyridine rings is 1. The largest absolute Gasteiger partial charge is 0.332 e. The lowest BCUT2D eigenvalue weighted by atomic mass is 10.0. The first-order chi connectivity index (χ1) is 12.2. The van der Waals surface area contributed by atoms with E-state index in [-0.39, 0.29) is 17.8 Å². The molecule has 1 fully saturated rings. The molecular weight excluding hydrogens is 321 g/mol. The number of likely N-dealkylation sites (tertiary alicyclic amines) is 1. The minimum absolute atomic E-state index is 0.0875. The summed E-state index contributed by atoms with van der Waals surface area (Å²) < 4.78 is 15.1. The average molecular weight is 337 g/mol. The van der Waals surface area contributed by atoms with Crippen molar-refractivity contribution in [3.8, 4) is 5.82 Å². The van der Waals surface area contributed by atoms with Crippen LogP contribution in [0.2, 0.25) is 0 Å². The Hall–Kier alpha value is -3.09. The molecule has 3 heterocycles. The Morgan fingerprint density at radius 2 is 2.16 bits per heavy atom. The van der Waals surface area contributed by atoms with Crippen molar-refractivity contribution in [1.29, 1.82) is 0 Å². The van der Waals surface area contributed by atoms with Gasteiger partial charge in [0.1, 0.15) is 18.5 Å². The molecule has 3 aromatic rings. The first-order valence-electron chi connectivity index (χ1n) is 8.10. The van der Waals surface area contributed by atoms with Crippen molar-refractivity contribution in [3.05, 3.63) is 72.2 Å². The molecule has 0 aliphatic carbocycles. The zero-order chi connectivity index (χ0) is 17.2. The Morgan fingerprint density at radius 3 is 2.96 bits per heavy atom. The Labute approximate surface area is 143 Å². The van der Waals surface area contributed by atoms with E-state index in [1.807, 2.05) is 6.07 Å². The lowest BCUT2D eigenvalue weighted by Crippen LogP contribution is -2.30. The summed E-state index contributed by atoms with van der Waals surface area (Å²) in [5, 5.41) is 4.03. The van der Waals surface area contributed by atoms with Crippen LogP contribution in [0.3, 0.4) is 0 Å². The zero-order valence-electron chi connectivity index (χ0n) is 13.4. The number of amides is 1. The molecule has 0 N–H and O–H groups in total. The third-order valence-corrected chi connectivity index (χ3v) is 4.39. The number of benzene rings is 1. The van der Waals surface area contributed by atoms with Gasteiger partial charge >= 0.3 is 0 Å². The van der Waals surface area contributed by atoms with Gasteiger partial charge in [0.05, 0.1) is 6.04 Å². The molecule has 1 aliphatic rings. The molecule has 6 nitrogen and oxygen atoms in total. The van der Waals surface area contributed by atoms with E-state index < -0.39 is 0 Å². The van der Waals surface area contributed by atoms with Crippen molar-refractivity contribution in [2.75, 3.05) is 6.54 Å². The standard InChI is InChI=1S/C18H16FN5O/c19-15-4-1-3-13(9-15)16-5-2-8-23(16)18(25)14-6-7-21-17(10-14)24-12-20-11-22-24/h1,3-4,6-7,9-12,16H,2,5,8H2. The molecule has 25 heavy (non-hydrogen) atoms. The molecule has 1 saturated heterocycles. The summed E-state index contributed by atoms with van der Waals surface area (Å²) in [6.45, 7) is 0.654. The van der Waals surface area contributed by atoms with Crippen LogP contribution in [0, 0.1) is 5.82 Å². The monoisotopic (exact) mass is 337 g/mol. The van der Waals surface area contributed by atoms with Crippen molar-refractivity contribution in [3.63, 3.8) is 0 Å². The van der Waals surface area contributed by atoms with Crippen LogP contribution in [-0.2, 0) is 0 Å². The van der Waals surface area contributed by atoms with Crippen LogP contribution in [0.5, 0.6) is 0 Å². The van der Waals surface area contributed by atoms with Gasteiger partial charge in [-0.05, 0) is 42.7 Å². The van der Waals surface area contributed by atoms with Gasteiger partial charge in [-0.3, -0.25) is 4.79 Å². The molecule has 1 atom stereocenters. The van der Waals surface area contributed by atoms with Gasteiger partial charge in [-0.15, -0.1) is 0 Å². The number of hydrogen-bond acceptors (Lipinski definition) is 4. The van der Waals surface area contributed by atoms with Crippen molar-refractivity contribution in [2.45, 2.75) is 18.9 Å². The molecule has 1 unspecified atom stereocenters. The fourth-order valence-electron chi connectivity index (χ4n) is 3.24. The number of hydrogen-bond donors (Lipinski definition) is 0. The van der Waals surface area contributed by atoms with E-state index in [0.29, 0.717) is 17.9 Å². The smallest absolute Gasteiger partial charge is 0.254 e. The van der Waals surface area contributed by atoms with Crippen LogP contribution >= 0.6 is 0 Å². The van der Waals surface area contributed by atoms with E-state index in [1.54, 1.807) is 29.3 Å². The van der Waals surface area contributed by atoms with E-state index in [1.165, 1.54) is 29.5 Å². The van der Waals surface area contributed by atoms with E-state index in [4.69, 9.17) is 0 Å². The number of rotatable bonds is 3. The van der Waals surface area contributed by atoms with Gasteiger partial charge in [-0.2, -0.15) is 5.10 Å². The lowest BCUT2D eigenvalue weighted by Gasteiger charge is -2.25. The van der Waals surface area contributed by atoms with Gasteiger partial charge in [0.25, 0.3) is 5.91 Å². The molecule has 1 amide bonds. The Kier molecular flexibility index (Phi) is 3.97.